The number of nitrogens with zero attached hydrogens (tertiary/aromatic N) is 3. The molecule has 3 aromatic heterocycles. The minimum Gasteiger partial charge on any atom is -0.304 e. The van der Waals surface area contributed by atoms with Crippen LogP contribution in [0.25, 0.3) is 0 Å². The quantitative estimate of drug-likeness (QED) is 0.765. The summed E-state index contributed by atoms with van der Waals surface area (Å²) in [4.78, 5) is 35.8. The fourth-order valence-corrected chi connectivity index (χ4v) is 2.65. The maximum absolute atomic E-state index is 11.9. The first kappa shape index (κ1) is 14.3. The van der Waals surface area contributed by atoms with E-state index in [2.05, 4.69) is 25.6 Å². The first-order valence-corrected chi connectivity index (χ1v) is 7.87. The number of rotatable bonds is 4. The molecule has 3 aromatic rings. The van der Waals surface area contributed by atoms with E-state index in [4.69, 9.17) is 0 Å². The minimum absolute atomic E-state index is 0.331. The van der Waals surface area contributed by atoms with Crippen molar-refractivity contribution in [1.82, 2.24) is 15.0 Å². The number of pyridine rings is 1. The lowest BCUT2D eigenvalue weighted by Gasteiger charge is -2.06. The van der Waals surface area contributed by atoms with E-state index in [9.17, 15) is 9.59 Å². The second-order valence-corrected chi connectivity index (χ2v) is 5.78. The number of carbonyl (C=O) groups excluding carboxylic acids is 2. The van der Waals surface area contributed by atoms with Gasteiger partial charge in [0.25, 0.3) is 11.8 Å². The zero-order valence-electron chi connectivity index (χ0n) is 11.0. The van der Waals surface area contributed by atoms with Crippen LogP contribution >= 0.6 is 22.7 Å². The minimum atomic E-state index is -0.342. The Labute approximate surface area is 133 Å². The average Bonchev–Trinajstić information content (AvgIpc) is 3.21. The molecule has 0 aliphatic heterocycles. The molecule has 0 bridgehead atoms. The molecule has 3 heterocycles. The topological polar surface area (TPSA) is 96.9 Å². The third kappa shape index (κ3) is 3.32. The Bertz CT molecular complexity index is 723. The summed E-state index contributed by atoms with van der Waals surface area (Å²) < 4.78 is 0. The summed E-state index contributed by atoms with van der Waals surface area (Å²) in [6, 6.07) is 4.94. The number of anilines is 2. The number of hydrogen-bond acceptors (Lipinski definition) is 7. The predicted molar refractivity (Wildman–Crippen MR) is 84.4 cm³/mol. The summed E-state index contributed by atoms with van der Waals surface area (Å²) in [5.41, 5.74) is 0. The Balaban J connectivity index is 1.70. The van der Waals surface area contributed by atoms with E-state index < -0.39 is 0 Å². The molecule has 2 N–H and O–H groups in total. The zero-order chi connectivity index (χ0) is 15.4. The Kier molecular flexibility index (Phi) is 4.17. The highest BCUT2D eigenvalue weighted by Gasteiger charge is 2.12. The van der Waals surface area contributed by atoms with E-state index in [1.807, 2.05) is 0 Å². The van der Waals surface area contributed by atoms with E-state index in [0.29, 0.717) is 21.7 Å². The van der Waals surface area contributed by atoms with Gasteiger partial charge in [-0.25, -0.2) is 15.0 Å². The molecule has 22 heavy (non-hydrogen) atoms. The van der Waals surface area contributed by atoms with Crippen molar-refractivity contribution in [2.24, 2.45) is 0 Å². The lowest BCUT2D eigenvalue weighted by molar-refractivity contribution is 0.101. The highest BCUT2D eigenvalue weighted by molar-refractivity contribution is 7.12. The fourth-order valence-electron chi connectivity index (χ4n) is 1.58. The third-order valence-corrected chi connectivity index (χ3v) is 4.03. The summed E-state index contributed by atoms with van der Waals surface area (Å²) in [5, 5.41) is 9.38. The SMILES string of the molecule is O=C(Nc1cccc(NC(=O)c2nccs2)n1)c1nccs1. The Morgan fingerprint density at radius 3 is 1.77 bits per heavy atom. The third-order valence-electron chi connectivity index (χ3n) is 2.49. The van der Waals surface area contributed by atoms with Gasteiger partial charge >= 0.3 is 0 Å². The van der Waals surface area contributed by atoms with Crippen molar-refractivity contribution in [1.29, 1.82) is 0 Å². The number of amides is 2. The molecule has 3 rings (SSSR count). The molecule has 0 aliphatic carbocycles. The van der Waals surface area contributed by atoms with Crippen LogP contribution in [0, 0.1) is 0 Å². The van der Waals surface area contributed by atoms with Crippen molar-refractivity contribution in [3.63, 3.8) is 0 Å². The van der Waals surface area contributed by atoms with Crippen LogP contribution < -0.4 is 10.6 Å². The summed E-state index contributed by atoms with van der Waals surface area (Å²) in [7, 11) is 0. The molecule has 0 saturated heterocycles. The van der Waals surface area contributed by atoms with Crippen molar-refractivity contribution in [3.05, 3.63) is 51.4 Å². The molecule has 2 amide bonds. The second kappa shape index (κ2) is 6.41. The molecule has 110 valence electrons. The van der Waals surface area contributed by atoms with Gasteiger partial charge in [-0.05, 0) is 12.1 Å². The summed E-state index contributed by atoms with van der Waals surface area (Å²) in [5.74, 6) is -0.0222. The van der Waals surface area contributed by atoms with Gasteiger partial charge in [0.1, 0.15) is 11.6 Å². The van der Waals surface area contributed by atoms with Gasteiger partial charge in [0.15, 0.2) is 10.0 Å². The molecule has 9 heteroatoms. The molecule has 0 aromatic carbocycles. The van der Waals surface area contributed by atoms with Gasteiger partial charge in [-0.1, -0.05) is 6.07 Å². The predicted octanol–water partition coefficient (Wildman–Crippen LogP) is 2.50. The summed E-state index contributed by atoms with van der Waals surface area (Å²) in [6.45, 7) is 0. The van der Waals surface area contributed by atoms with E-state index in [1.54, 1.807) is 41.4 Å². The molecule has 0 radical (unpaired) electrons. The molecule has 0 aliphatic rings. The van der Waals surface area contributed by atoms with E-state index in [0.717, 1.165) is 0 Å². The molecule has 0 spiro atoms. The molecule has 0 saturated carbocycles. The molecule has 7 nitrogen and oxygen atoms in total. The first-order valence-electron chi connectivity index (χ1n) is 6.11. The van der Waals surface area contributed by atoms with Crippen LogP contribution in [0.1, 0.15) is 19.6 Å². The van der Waals surface area contributed by atoms with Crippen molar-refractivity contribution in [2.45, 2.75) is 0 Å². The normalized spacial score (nSPS) is 10.2. The van der Waals surface area contributed by atoms with Gasteiger partial charge in [-0.15, -0.1) is 22.7 Å². The van der Waals surface area contributed by atoms with Crippen LogP contribution in [-0.4, -0.2) is 26.8 Å². The van der Waals surface area contributed by atoms with Gasteiger partial charge in [-0.3, -0.25) is 9.59 Å². The maximum atomic E-state index is 11.9. The Morgan fingerprint density at radius 2 is 1.36 bits per heavy atom. The standard InChI is InChI=1S/C13H9N5O2S2/c19-10(12-14-4-6-21-12)17-8-2-1-3-9(16-8)18-11(20)13-15-5-7-22-13/h1-7H,(H2,16,17,18,19,20). The molecular formula is C13H9N5O2S2. The highest BCUT2D eigenvalue weighted by atomic mass is 32.1. The van der Waals surface area contributed by atoms with Crippen molar-refractivity contribution < 1.29 is 9.59 Å². The number of hydrogen-bond donors (Lipinski definition) is 2. The van der Waals surface area contributed by atoms with Crippen molar-refractivity contribution >= 4 is 46.1 Å². The van der Waals surface area contributed by atoms with Crippen LogP contribution in [0.3, 0.4) is 0 Å². The Hall–Kier alpha value is -2.65. The lowest BCUT2D eigenvalue weighted by Crippen LogP contribution is -2.15. The van der Waals surface area contributed by atoms with Crippen molar-refractivity contribution in [3.8, 4) is 0 Å². The second-order valence-electron chi connectivity index (χ2n) is 3.99. The number of nitrogens with one attached hydrogen (secondary N) is 2. The molecule has 0 fully saturated rings. The largest absolute Gasteiger partial charge is 0.304 e. The van der Waals surface area contributed by atoms with Crippen LogP contribution in [0.4, 0.5) is 11.6 Å². The van der Waals surface area contributed by atoms with Crippen molar-refractivity contribution in [2.75, 3.05) is 10.6 Å². The summed E-state index contributed by atoms with van der Waals surface area (Å²) in [6.07, 6.45) is 3.11. The molecule has 0 unspecified atom stereocenters. The van der Waals surface area contributed by atoms with Gasteiger partial charge in [0, 0.05) is 23.2 Å². The van der Waals surface area contributed by atoms with Crippen LogP contribution in [0.15, 0.2) is 41.4 Å². The summed E-state index contributed by atoms with van der Waals surface area (Å²) >= 11 is 2.47. The first-order chi connectivity index (χ1) is 10.7. The lowest BCUT2D eigenvalue weighted by atomic mass is 10.4. The van der Waals surface area contributed by atoms with Crippen LogP contribution in [-0.2, 0) is 0 Å². The van der Waals surface area contributed by atoms with Gasteiger partial charge in [-0.2, -0.15) is 0 Å². The van der Waals surface area contributed by atoms with Crippen LogP contribution in [0.5, 0.6) is 0 Å². The smallest absolute Gasteiger partial charge is 0.285 e. The van der Waals surface area contributed by atoms with Crippen LogP contribution in [0.2, 0.25) is 0 Å². The fraction of sp³-hybridized carbons (Fsp3) is 0. The van der Waals surface area contributed by atoms with E-state index in [-0.39, 0.29) is 11.8 Å². The Morgan fingerprint density at radius 1 is 0.864 bits per heavy atom. The molecule has 0 atom stereocenters. The monoisotopic (exact) mass is 331 g/mol. The van der Waals surface area contributed by atoms with Gasteiger partial charge in [0.2, 0.25) is 0 Å². The van der Waals surface area contributed by atoms with Gasteiger partial charge in [0.05, 0.1) is 0 Å². The average molecular weight is 331 g/mol. The van der Waals surface area contributed by atoms with E-state index >= 15 is 0 Å². The van der Waals surface area contributed by atoms with Gasteiger partial charge < -0.3 is 10.6 Å². The number of aromatic nitrogens is 3. The molecular weight excluding hydrogens is 322 g/mol. The zero-order valence-corrected chi connectivity index (χ0v) is 12.6. The highest BCUT2D eigenvalue weighted by Crippen LogP contribution is 2.13. The number of thiazole rings is 2. The van der Waals surface area contributed by atoms with E-state index in [1.165, 1.54) is 22.7 Å². The maximum Gasteiger partial charge on any atom is 0.285 e. The number of carbonyl (C=O) groups is 2.